The van der Waals surface area contributed by atoms with Gasteiger partial charge in [0.05, 0.1) is 32.4 Å². The fourth-order valence-corrected chi connectivity index (χ4v) is 4.32. The summed E-state index contributed by atoms with van der Waals surface area (Å²) in [6.07, 6.45) is 3.67. The summed E-state index contributed by atoms with van der Waals surface area (Å²) in [4.78, 5) is 4.89. The molecule has 6 heteroatoms. The van der Waals surface area contributed by atoms with Gasteiger partial charge in [0.25, 0.3) is 0 Å². The highest BCUT2D eigenvalue weighted by molar-refractivity contribution is 14.1. The summed E-state index contributed by atoms with van der Waals surface area (Å²) >= 11 is 2.24. The Balaban J connectivity index is 1.43. The van der Waals surface area contributed by atoms with Gasteiger partial charge in [-0.05, 0) is 70.5 Å². The SMILES string of the molecule is COc1ccc(COc2cc(CCC(/C=C/I)OCc3ccc(OC)cc3)nc3ccccc23)cc1. The summed E-state index contributed by atoms with van der Waals surface area (Å²) in [7, 11) is 3.34. The summed E-state index contributed by atoms with van der Waals surface area (Å²) in [6, 6.07) is 26.0. The molecule has 0 aliphatic rings. The predicted molar refractivity (Wildman–Crippen MR) is 152 cm³/mol. The molecule has 36 heavy (non-hydrogen) atoms. The van der Waals surface area contributed by atoms with Gasteiger partial charge in [0, 0.05) is 17.1 Å². The molecule has 0 N–H and O–H groups in total. The minimum Gasteiger partial charge on any atom is -0.497 e. The molecule has 1 unspecified atom stereocenters. The lowest BCUT2D eigenvalue weighted by Gasteiger charge is -2.16. The summed E-state index contributed by atoms with van der Waals surface area (Å²) in [5.41, 5.74) is 4.11. The highest BCUT2D eigenvalue weighted by Crippen LogP contribution is 2.27. The van der Waals surface area contributed by atoms with Crippen LogP contribution in [-0.4, -0.2) is 25.3 Å². The third-order valence-corrected chi connectivity index (χ3v) is 6.30. The molecule has 0 radical (unpaired) electrons. The molecular formula is C30H30INO4. The number of benzene rings is 3. The molecule has 0 spiro atoms. The molecular weight excluding hydrogens is 565 g/mol. The van der Waals surface area contributed by atoms with Gasteiger partial charge in [0.15, 0.2) is 0 Å². The summed E-state index contributed by atoms with van der Waals surface area (Å²) in [6.45, 7) is 1.01. The van der Waals surface area contributed by atoms with Crippen LogP contribution in [0.1, 0.15) is 23.2 Å². The third-order valence-electron chi connectivity index (χ3n) is 5.88. The van der Waals surface area contributed by atoms with Crippen molar-refractivity contribution in [3.05, 3.63) is 106 Å². The van der Waals surface area contributed by atoms with Crippen LogP contribution in [0.25, 0.3) is 10.9 Å². The van der Waals surface area contributed by atoms with Crippen molar-refractivity contribution in [3.8, 4) is 17.2 Å². The molecule has 1 atom stereocenters. The first-order chi connectivity index (χ1) is 17.7. The molecule has 0 amide bonds. The van der Waals surface area contributed by atoms with Gasteiger partial charge in [-0.15, -0.1) is 0 Å². The molecule has 0 bridgehead atoms. The van der Waals surface area contributed by atoms with Crippen molar-refractivity contribution in [2.75, 3.05) is 14.2 Å². The Kier molecular flexibility index (Phi) is 9.58. The second-order valence-corrected chi connectivity index (χ2v) is 9.04. The number of rotatable bonds is 12. The van der Waals surface area contributed by atoms with Gasteiger partial charge in [0.1, 0.15) is 23.9 Å². The highest BCUT2D eigenvalue weighted by Gasteiger charge is 2.11. The van der Waals surface area contributed by atoms with Crippen molar-refractivity contribution in [1.82, 2.24) is 4.98 Å². The molecule has 0 fully saturated rings. The lowest BCUT2D eigenvalue weighted by molar-refractivity contribution is 0.0667. The minimum atomic E-state index is -0.0130. The van der Waals surface area contributed by atoms with Gasteiger partial charge in [-0.25, -0.2) is 0 Å². The predicted octanol–water partition coefficient (Wildman–Crippen LogP) is 7.30. The van der Waals surface area contributed by atoms with Crippen LogP contribution in [0.3, 0.4) is 0 Å². The van der Waals surface area contributed by atoms with E-state index in [4.69, 9.17) is 23.9 Å². The molecule has 1 aromatic heterocycles. The van der Waals surface area contributed by atoms with Gasteiger partial charge < -0.3 is 18.9 Å². The lowest BCUT2D eigenvalue weighted by Crippen LogP contribution is -2.12. The van der Waals surface area contributed by atoms with Gasteiger partial charge >= 0.3 is 0 Å². The summed E-state index contributed by atoms with van der Waals surface area (Å²) in [5, 5.41) is 1.01. The van der Waals surface area contributed by atoms with E-state index in [2.05, 4.69) is 40.8 Å². The lowest BCUT2D eigenvalue weighted by atomic mass is 10.1. The maximum absolute atomic E-state index is 6.26. The van der Waals surface area contributed by atoms with E-state index >= 15 is 0 Å². The molecule has 0 saturated heterocycles. The molecule has 186 valence electrons. The van der Waals surface area contributed by atoms with Crippen LogP contribution in [0.2, 0.25) is 0 Å². The number of nitrogens with zero attached hydrogens (tertiary/aromatic N) is 1. The van der Waals surface area contributed by atoms with E-state index in [1.807, 2.05) is 70.8 Å². The zero-order chi connectivity index (χ0) is 25.2. The Morgan fingerprint density at radius 3 is 2.11 bits per heavy atom. The number of ether oxygens (including phenoxy) is 4. The van der Waals surface area contributed by atoms with E-state index in [0.29, 0.717) is 13.2 Å². The van der Waals surface area contributed by atoms with E-state index < -0.39 is 0 Å². The van der Waals surface area contributed by atoms with Gasteiger partial charge in [0.2, 0.25) is 0 Å². The van der Waals surface area contributed by atoms with Crippen molar-refractivity contribution in [2.45, 2.75) is 32.2 Å². The molecule has 3 aromatic carbocycles. The number of hydrogen-bond donors (Lipinski definition) is 0. The normalized spacial score (nSPS) is 12.1. The minimum absolute atomic E-state index is 0.0130. The molecule has 0 aliphatic carbocycles. The summed E-state index contributed by atoms with van der Waals surface area (Å²) in [5.74, 6) is 2.51. The van der Waals surface area contributed by atoms with Gasteiger partial charge in [-0.3, -0.25) is 4.98 Å². The second-order valence-electron chi connectivity index (χ2n) is 8.32. The summed E-state index contributed by atoms with van der Waals surface area (Å²) < 4.78 is 25.0. The first-order valence-electron chi connectivity index (χ1n) is 11.8. The Bertz CT molecular complexity index is 1270. The van der Waals surface area contributed by atoms with Gasteiger partial charge in [-0.1, -0.05) is 59.0 Å². The monoisotopic (exact) mass is 595 g/mol. The number of hydrogen-bond acceptors (Lipinski definition) is 5. The van der Waals surface area contributed by atoms with Crippen molar-refractivity contribution in [2.24, 2.45) is 0 Å². The fourth-order valence-electron chi connectivity index (χ4n) is 3.86. The van der Waals surface area contributed by atoms with E-state index in [-0.39, 0.29) is 6.10 Å². The molecule has 5 nitrogen and oxygen atoms in total. The molecule has 0 saturated carbocycles. The highest BCUT2D eigenvalue weighted by atomic mass is 127. The van der Waals surface area contributed by atoms with Crippen LogP contribution in [0.15, 0.2) is 89.0 Å². The van der Waals surface area contributed by atoms with E-state index in [9.17, 15) is 0 Å². The quantitative estimate of drug-likeness (QED) is 0.161. The molecule has 0 aliphatic heterocycles. The number of methoxy groups -OCH3 is 2. The first-order valence-corrected chi connectivity index (χ1v) is 13.1. The topological polar surface area (TPSA) is 49.8 Å². The number of aromatic nitrogens is 1. The Labute approximate surface area is 226 Å². The van der Waals surface area contributed by atoms with Crippen LogP contribution in [-0.2, 0) is 24.4 Å². The van der Waals surface area contributed by atoms with Crippen LogP contribution in [0.4, 0.5) is 0 Å². The standard InChI is InChI=1S/C30H30INO4/c1-33-25-12-7-22(8-13-25)20-35-27(17-18-31)16-11-24-19-30(28-5-3-4-6-29(28)32-24)36-21-23-9-14-26(34-2)15-10-23/h3-10,12-15,17-19,27H,11,16,20-21H2,1-2H3/b18-17+. The zero-order valence-corrected chi connectivity index (χ0v) is 22.7. The van der Waals surface area contributed by atoms with E-state index in [0.717, 1.165) is 57.8 Å². The largest absolute Gasteiger partial charge is 0.497 e. The third kappa shape index (κ3) is 7.21. The second kappa shape index (κ2) is 13.3. The Morgan fingerprint density at radius 1 is 0.833 bits per heavy atom. The maximum Gasteiger partial charge on any atom is 0.131 e. The smallest absolute Gasteiger partial charge is 0.131 e. The first kappa shape index (κ1) is 26.0. The zero-order valence-electron chi connectivity index (χ0n) is 20.5. The van der Waals surface area contributed by atoms with Crippen LogP contribution in [0, 0.1) is 0 Å². The fraction of sp³-hybridized carbons (Fsp3) is 0.233. The number of fused-ring (bicyclic) bond motifs is 1. The number of aryl methyl sites for hydroxylation is 1. The van der Waals surface area contributed by atoms with Crippen molar-refractivity contribution in [3.63, 3.8) is 0 Å². The van der Waals surface area contributed by atoms with Crippen LogP contribution in [0.5, 0.6) is 17.2 Å². The van der Waals surface area contributed by atoms with E-state index in [1.54, 1.807) is 14.2 Å². The van der Waals surface area contributed by atoms with E-state index in [1.165, 1.54) is 0 Å². The Hall–Kier alpha value is -3.10. The average Bonchev–Trinajstić information content (AvgIpc) is 2.93. The van der Waals surface area contributed by atoms with Crippen LogP contribution >= 0.6 is 22.6 Å². The van der Waals surface area contributed by atoms with Crippen molar-refractivity contribution < 1.29 is 18.9 Å². The maximum atomic E-state index is 6.26. The van der Waals surface area contributed by atoms with Crippen LogP contribution < -0.4 is 14.2 Å². The molecule has 4 rings (SSSR count). The number of halogens is 1. The molecule has 1 heterocycles. The molecule has 4 aromatic rings. The van der Waals surface area contributed by atoms with Gasteiger partial charge in [-0.2, -0.15) is 0 Å². The number of para-hydroxylation sites is 1. The average molecular weight is 595 g/mol. The van der Waals surface area contributed by atoms with Crippen molar-refractivity contribution in [1.29, 1.82) is 0 Å². The van der Waals surface area contributed by atoms with Crippen molar-refractivity contribution >= 4 is 33.5 Å². The Morgan fingerprint density at radius 2 is 1.47 bits per heavy atom. The number of pyridine rings is 1.